The average Bonchev–Trinajstić information content (AvgIpc) is 2.99. The number of piperidine rings is 1. The molecule has 1 amide bonds. The van der Waals surface area contributed by atoms with E-state index in [4.69, 9.17) is 0 Å². The van der Waals surface area contributed by atoms with Gasteiger partial charge in [0, 0.05) is 31.1 Å². The molecule has 0 saturated carbocycles. The van der Waals surface area contributed by atoms with Gasteiger partial charge in [-0.25, -0.2) is 13.1 Å². The van der Waals surface area contributed by atoms with E-state index in [1.165, 1.54) is 12.8 Å². The summed E-state index contributed by atoms with van der Waals surface area (Å²) in [5.74, 6) is -0.0949. The van der Waals surface area contributed by atoms with Crippen LogP contribution in [0.15, 0.2) is 47.4 Å². The number of nitrogens with one attached hydrogen (secondary N) is 3. The average molecular weight is 388 g/mol. The molecule has 2 aromatic carbocycles. The zero-order valence-corrected chi connectivity index (χ0v) is 16.0. The fourth-order valence-electron chi connectivity index (χ4n) is 4.19. The number of hydrogen-bond donors (Lipinski definition) is 3. The second kappa shape index (κ2) is 7.58. The molecule has 7 heteroatoms. The van der Waals surface area contributed by atoms with Gasteiger partial charge >= 0.3 is 0 Å². The van der Waals surface area contributed by atoms with E-state index in [-0.39, 0.29) is 29.8 Å². The molecule has 0 aromatic heterocycles. The molecule has 0 spiro atoms. The van der Waals surface area contributed by atoms with E-state index in [1.807, 2.05) is 24.3 Å². The molecule has 2 aromatic rings. The Kier molecular flexibility index (Phi) is 5.16. The molecule has 0 radical (unpaired) electrons. The van der Waals surface area contributed by atoms with Crippen molar-refractivity contribution < 1.29 is 13.2 Å². The largest absolute Gasteiger partial charge is 0.353 e. The number of hydrogen-bond acceptors (Lipinski definition) is 4. The van der Waals surface area contributed by atoms with Crippen LogP contribution in [0, 0.1) is 0 Å². The smallest absolute Gasteiger partial charge is 0.240 e. The summed E-state index contributed by atoms with van der Waals surface area (Å²) in [7, 11) is -3.63. The number of fused-ring (bicyclic) bond motifs is 3. The number of carbonyl (C=O) groups is 1. The summed E-state index contributed by atoms with van der Waals surface area (Å²) < 4.78 is 27.5. The van der Waals surface area contributed by atoms with Crippen molar-refractivity contribution in [1.29, 1.82) is 0 Å². The first-order valence-corrected chi connectivity index (χ1v) is 11.0. The van der Waals surface area contributed by atoms with E-state index in [2.05, 4.69) is 15.4 Å². The second-order valence-electron chi connectivity index (χ2n) is 7.53. The van der Waals surface area contributed by atoms with Crippen molar-refractivity contribution in [2.24, 2.45) is 0 Å². The Morgan fingerprint density at radius 2 is 1.74 bits per heavy atom. The van der Waals surface area contributed by atoms with Crippen molar-refractivity contribution in [3.8, 4) is 0 Å². The van der Waals surface area contributed by atoms with Gasteiger partial charge in [0.2, 0.25) is 15.9 Å². The number of sulfonamides is 1. The summed E-state index contributed by atoms with van der Waals surface area (Å²) in [6, 6.07) is 13.9. The fourth-order valence-corrected chi connectivity index (χ4v) is 5.26. The van der Waals surface area contributed by atoms with Crippen LogP contribution < -0.4 is 15.4 Å². The summed E-state index contributed by atoms with van der Waals surface area (Å²) in [4.78, 5) is 12.4. The molecule has 2 unspecified atom stereocenters. The van der Waals surface area contributed by atoms with Crippen LogP contribution in [0.5, 0.6) is 0 Å². The first kappa shape index (κ1) is 18.4. The third-order valence-electron chi connectivity index (χ3n) is 5.51. The van der Waals surface area contributed by atoms with Gasteiger partial charge in [-0.2, -0.15) is 0 Å². The summed E-state index contributed by atoms with van der Waals surface area (Å²) in [5, 5.41) is 8.47. The Morgan fingerprint density at radius 3 is 2.48 bits per heavy atom. The lowest BCUT2D eigenvalue weighted by Crippen LogP contribution is -2.48. The van der Waals surface area contributed by atoms with E-state index >= 15 is 0 Å². The van der Waals surface area contributed by atoms with Gasteiger partial charge in [0.15, 0.2) is 0 Å². The minimum atomic E-state index is -3.63. The zero-order valence-electron chi connectivity index (χ0n) is 15.1. The Labute approximate surface area is 159 Å². The number of amides is 1. The lowest BCUT2D eigenvalue weighted by Gasteiger charge is -2.29. The standard InChI is InChI=1S/C20H25N3O3S/c24-20(23-18-12-16-6-7-17(13-18)22-16)9-10-21-27(25,26)19-8-5-14-3-1-2-4-15(14)11-19/h1-5,8,11,16-18,21-22H,6-7,9-10,12-13H2,(H,23,24). The van der Waals surface area contributed by atoms with Crippen LogP contribution in [0.2, 0.25) is 0 Å². The highest BCUT2D eigenvalue weighted by Crippen LogP contribution is 2.26. The van der Waals surface area contributed by atoms with E-state index in [0.29, 0.717) is 12.1 Å². The summed E-state index contributed by atoms with van der Waals surface area (Å²) in [5.41, 5.74) is 0. The maximum atomic E-state index is 12.5. The predicted octanol–water partition coefficient (Wildman–Crippen LogP) is 1.91. The molecule has 2 atom stereocenters. The minimum Gasteiger partial charge on any atom is -0.353 e. The van der Waals surface area contributed by atoms with Crippen molar-refractivity contribution in [3.05, 3.63) is 42.5 Å². The number of benzene rings is 2. The number of carbonyl (C=O) groups excluding carboxylic acids is 1. The van der Waals surface area contributed by atoms with Crippen LogP contribution in [0.4, 0.5) is 0 Å². The van der Waals surface area contributed by atoms with E-state index in [0.717, 1.165) is 23.6 Å². The molecule has 4 rings (SSSR count). The van der Waals surface area contributed by atoms with E-state index < -0.39 is 10.0 Å². The highest BCUT2D eigenvalue weighted by molar-refractivity contribution is 7.89. The first-order chi connectivity index (χ1) is 13.0. The van der Waals surface area contributed by atoms with Crippen LogP contribution in [0.1, 0.15) is 32.1 Å². The molecule has 2 aliphatic heterocycles. The molecular weight excluding hydrogens is 362 g/mol. The molecule has 2 saturated heterocycles. The van der Waals surface area contributed by atoms with Gasteiger partial charge in [-0.15, -0.1) is 0 Å². The van der Waals surface area contributed by atoms with Crippen LogP contribution in [-0.4, -0.2) is 39.0 Å². The maximum Gasteiger partial charge on any atom is 0.240 e. The quantitative estimate of drug-likeness (QED) is 0.707. The van der Waals surface area contributed by atoms with Gasteiger partial charge in [-0.05, 0) is 48.6 Å². The molecule has 144 valence electrons. The predicted molar refractivity (Wildman–Crippen MR) is 105 cm³/mol. The SMILES string of the molecule is O=C(CCNS(=O)(=O)c1ccc2ccccc2c1)NC1CC2CCC(C1)N2. The van der Waals surface area contributed by atoms with Gasteiger partial charge in [0.05, 0.1) is 4.90 Å². The molecule has 2 heterocycles. The Hall–Kier alpha value is -1.96. The topological polar surface area (TPSA) is 87.3 Å². The monoisotopic (exact) mass is 387 g/mol. The lowest BCUT2D eigenvalue weighted by molar-refractivity contribution is -0.121. The third-order valence-corrected chi connectivity index (χ3v) is 6.97. The van der Waals surface area contributed by atoms with Crippen molar-refractivity contribution in [1.82, 2.24) is 15.4 Å². The molecule has 2 bridgehead atoms. The molecule has 0 aliphatic carbocycles. The Bertz CT molecular complexity index is 932. The summed E-state index contributed by atoms with van der Waals surface area (Å²) in [6.07, 6.45) is 4.44. The van der Waals surface area contributed by atoms with E-state index in [9.17, 15) is 13.2 Å². The minimum absolute atomic E-state index is 0.0949. The highest BCUT2D eigenvalue weighted by Gasteiger charge is 2.33. The lowest BCUT2D eigenvalue weighted by atomic mass is 10.00. The molecule has 2 aliphatic rings. The van der Waals surface area contributed by atoms with Gasteiger partial charge in [-0.3, -0.25) is 4.79 Å². The molecule has 27 heavy (non-hydrogen) atoms. The number of rotatable bonds is 6. The van der Waals surface area contributed by atoms with Gasteiger partial charge < -0.3 is 10.6 Å². The van der Waals surface area contributed by atoms with Crippen molar-refractivity contribution in [2.75, 3.05) is 6.54 Å². The zero-order chi connectivity index (χ0) is 18.9. The van der Waals surface area contributed by atoms with Crippen LogP contribution in [0.3, 0.4) is 0 Å². The van der Waals surface area contributed by atoms with Crippen LogP contribution in [0.25, 0.3) is 10.8 Å². The molecule has 3 N–H and O–H groups in total. The van der Waals surface area contributed by atoms with Crippen molar-refractivity contribution >= 4 is 26.7 Å². The van der Waals surface area contributed by atoms with Crippen molar-refractivity contribution in [3.63, 3.8) is 0 Å². The fraction of sp³-hybridized carbons (Fsp3) is 0.450. The maximum absolute atomic E-state index is 12.5. The second-order valence-corrected chi connectivity index (χ2v) is 9.30. The van der Waals surface area contributed by atoms with Gasteiger partial charge in [0.1, 0.15) is 0 Å². The molecular formula is C20H25N3O3S. The summed E-state index contributed by atoms with van der Waals surface area (Å²) in [6.45, 7) is 0.0961. The van der Waals surface area contributed by atoms with Crippen molar-refractivity contribution in [2.45, 2.75) is 55.1 Å². The third kappa shape index (κ3) is 4.31. The summed E-state index contributed by atoms with van der Waals surface area (Å²) >= 11 is 0. The van der Waals surface area contributed by atoms with Crippen LogP contribution >= 0.6 is 0 Å². The Balaban J connectivity index is 1.30. The van der Waals surface area contributed by atoms with Gasteiger partial charge in [-0.1, -0.05) is 30.3 Å². The normalized spacial score (nSPS) is 24.8. The molecule has 6 nitrogen and oxygen atoms in total. The highest BCUT2D eigenvalue weighted by atomic mass is 32.2. The first-order valence-electron chi connectivity index (χ1n) is 9.53. The Morgan fingerprint density at radius 1 is 1.04 bits per heavy atom. The molecule has 2 fully saturated rings. The van der Waals surface area contributed by atoms with Gasteiger partial charge in [0.25, 0.3) is 0 Å². The van der Waals surface area contributed by atoms with E-state index in [1.54, 1.807) is 18.2 Å². The van der Waals surface area contributed by atoms with Crippen LogP contribution in [-0.2, 0) is 14.8 Å².